The molecule has 1 atom stereocenters. The summed E-state index contributed by atoms with van der Waals surface area (Å²) < 4.78 is 0. The maximum Gasteiger partial charge on any atom is 0.208 e. The molecule has 0 aliphatic rings. The summed E-state index contributed by atoms with van der Waals surface area (Å²) in [6, 6.07) is 0. The van der Waals surface area contributed by atoms with E-state index in [1.165, 1.54) is 193 Å². The molecule has 0 aromatic rings. The van der Waals surface area contributed by atoms with E-state index in [2.05, 4.69) is 32.9 Å². The first-order valence-corrected chi connectivity index (χ1v) is 24.8. The molecule has 0 aromatic carbocycles. The Bertz CT molecular complexity index is 829. The Hall–Kier alpha value is -1.25. The van der Waals surface area contributed by atoms with Gasteiger partial charge in [-0.05, 0) is 44.9 Å². The number of carbonyl (C=O) groups excluding carboxylic acids is 3. The van der Waals surface area contributed by atoms with E-state index in [9.17, 15) is 14.4 Å². The molecule has 0 fully saturated rings. The van der Waals surface area contributed by atoms with Gasteiger partial charge in [0, 0.05) is 12.8 Å². The van der Waals surface area contributed by atoms with E-state index in [4.69, 9.17) is 0 Å². The molecule has 0 heterocycles. The lowest BCUT2D eigenvalue weighted by atomic mass is 9.86. The summed E-state index contributed by atoms with van der Waals surface area (Å²) in [5.41, 5.74) is 0. The SMILES string of the molecule is CCCCCCCCC=CCCCCCCCC(=O)C(CCCCCCCCCCCCCCC)C(=O)C(=O)CCCCCCCCCCCCCCC. The van der Waals surface area contributed by atoms with Crippen LogP contribution in [-0.2, 0) is 14.4 Å². The van der Waals surface area contributed by atoms with Crippen LogP contribution in [0.1, 0.15) is 290 Å². The van der Waals surface area contributed by atoms with Crippen LogP contribution >= 0.6 is 0 Å². The first-order chi connectivity index (χ1) is 26.6. The van der Waals surface area contributed by atoms with E-state index in [1.54, 1.807) is 0 Å². The molecule has 0 aliphatic heterocycles. The summed E-state index contributed by atoms with van der Waals surface area (Å²) in [6.07, 6.45) is 55.0. The van der Waals surface area contributed by atoms with Gasteiger partial charge in [-0.25, -0.2) is 0 Å². The van der Waals surface area contributed by atoms with E-state index >= 15 is 0 Å². The van der Waals surface area contributed by atoms with Crippen LogP contribution in [0.25, 0.3) is 0 Å². The third-order valence-corrected chi connectivity index (χ3v) is 11.8. The maximum atomic E-state index is 13.4. The number of allylic oxidation sites excluding steroid dienone is 2. The van der Waals surface area contributed by atoms with Gasteiger partial charge in [0.1, 0.15) is 5.78 Å². The van der Waals surface area contributed by atoms with Crippen molar-refractivity contribution in [3.63, 3.8) is 0 Å². The Balaban J connectivity index is 4.39. The number of hydrogen-bond donors (Lipinski definition) is 0. The fraction of sp³-hybridized carbons (Fsp3) is 0.902. The highest BCUT2D eigenvalue weighted by Crippen LogP contribution is 2.21. The maximum absolute atomic E-state index is 13.4. The summed E-state index contributed by atoms with van der Waals surface area (Å²) in [6.45, 7) is 6.82. The van der Waals surface area contributed by atoms with E-state index in [0.717, 1.165) is 57.8 Å². The molecule has 0 N–H and O–H groups in total. The van der Waals surface area contributed by atoms with Crippen molar-refractivity contribution in [3.8, 4) is 0 Å². The minimum Gasteiger partial charge on any atom is -0.299 e. The predicted molar refractivity (Wildman–Crippen MR) is 239 cm³/mol. The smallest absolute Gasteiger partial charge is 0.208 e. The molecule has 54 heavy (non-hydrogen) atoms. The molecule has 0 saturated carbocycles. The first-order valence-electron chi connectivity index (χ1n) is 24.8. The second-order valence-electron chi connectivity index (χ2n) is 17.2. The van der Waals surface area contributed by atoms with Crippen molar-refractivity contribution >= 4 is 17.3 Å². The molecule has 0 bridgehead atoms. The molecular formula is C51H96O3. The van der Waals surface area contributed by atoms with Crippen molar-refractivity contribution in [3.05, 3.63) is 12.2 Å². The predicted octanol–water partition coefficient (Wildman–Crippen LogP) is 17.3. The summed E-state index contributed by atoms with van der Waals surface area (Å²) in [5, 5.41) is 0. The van der Waals surface area contributed by atoms with Crippen LogP contribution in [0.3, 0.4) is 0 Å². The Labute approximate surface area is 339 Å². The Kier molecular flexibility index (Phi) is 43.4. The summed E-state index contributed by atoms with van der Waals surface area (Å²) >= 11 is 0. The van der Waals surface area contributed by atoms with Crippen LogP contribution in [0.5, 0.6) is 0 Å². The van der Waals surface area contributed by atoms with Crippen LogP contribution in [0, 0.1) is 5.92 Å². The van der Waals surface area contributed by atoms with Gasteiger partial charge in [-0.3, -0.25) is 14.4 Å². The van der Waals surface area contributed by atoms with E-state index in [-0.39, 0.29) is 17.3 Å². The summed E-state index contributed by atoms with van der Waals surface area (Å²) in [4.78, 5) is 39.8. The summed E-state index contributed by atoms with van der Waals surface area (Å²) in [5.74, 6) is -1.31. The van der Waals surface area contributed by atoms with Crippen LogP contribution in [0.2, 0.25) is 0 Å². The van der Waals surface area contributed by atoms with E-state index < -0.39 is 5.92 Å². The van der Waals surface area contributed by atoms with Crippen molar-refractivity contribution in [2.45, 2.75) is 290 Å². The van der Waals surface area contributed by atoms with Gasteiger partial charge in [-0.2, -0.15) is 0 Å². The highest BCUT2D eigenvalue weighted by molar-refractivity contribution is 6.41. The van der Waals surface area contributed by atoms with Gasteiger partial charge in [-0.15, -0.1) is 0 Å². The Morgan fingerprint density at radius 3 is 0.963 bits per heavy atom. The number of hydrogen-bond acceptors (Lipinski definition) is 3. The zero-order valence-electron chi connectivity index (χ0n) is 37.2. The van der Waals surface area contributed by atoms with Crippen molar-refractivity contribution in [1.29, 1.82) is 0 Å². The third kappa shape index (κ3) is 37.7. The van der Waals surface area contributed by atoms with Gasteiger partial charge in [0.05, 0.1) is 5.92 Å². The number of Topliss-reactive ketones (excluding diaryl/α,β-unsaturated/α-hetero) is 3. The fourth-order valence-electron chi connectivity index (χ4n) is 7.97. The molecule has 1 unspecified atom stereocenters. The standard InChI is InChI=1S/C51H96O3/c1-4-7-10-13-16-19-22-25-26-29-31-34-37-40-43-46-49(52)48(45-42-39-36-33-30-27-23-20-17-14-11-8-5-2)51(54)50(53)47-44-41-38-35-32-28-24-21-18-15-12-9-6-3/h25-26,48H,4-24,27-47H2,1-3H3. The van der Waals surface area contributed by atoms with Crippen molar-refractivity contribution in [2.75, 3.05) is 0 Å². The fourth-order valence-corrected chi connectivity index (χ4v) is 7.97. The van der Waals surface area contributed by atoms with Gasteiger partial charge in [0.25, 0.3) is 0 Å². The van der Waals surface area contributed by atoms with Crippen molar-refractivity contribution in [2.24, 2.45) is 5.92 Å². The number of ketones is 3. The minimum absolute atomic E-state index is 0.0373. The molecule has 3 heteroatoms. The van der Waals surface area contributed by atoms with Gasteiger partial charge in [0.2, 0.25) is 5.78 Å². The number of carbonyl (C=O) groups is 3. The van der Waals surface area contributed by atoms with Crippen LogP contribution < -0.4 is 0 Å². The summed E-state index contributed by atoms with van der Waals surface area (Å²) in [7, 11) is 0. The van der Waals surface area contributed by atoms with Crippen LogP contribution in [0.4, 0.5) is 0 Å². The highest BCUT2D eigenvalue weighted by atomic mass is 16.2. The lowest BCUT2D eigenvalue weighted by Crippen LogP contribution is -2.30. The molecule has 0 aliphatic carbocycles. The monoisotopic (exact) mass is 757 g/mol. The van der Waals surface area contributed by atoms with Crippen LogP contribution in [-0.4, -0.2) is 17.3 Å². The van der Waals surface area contributed by atoms with Gasteiger partial charge < -0.3 is 0 Å². The van der Waals surface area contributed by atoms with Crippen molar-refractivity contribution < 1.29 is 14.4 Å². The quantitative estimate of drug-likeness (QED) is 0.0269. The molecule has 0 amide bonds. The molecular weight excluding hydrogens is 661 g/mol. The molecule has 3 nitrogen and oxygen atoms in total. The topological polar surface area (TPSA) is 51.2 Å². The highest BCUT2D eigenvalue weighted by Gasteiger charge is 2.30. The van der Waals surface area contributed by atoms with Crippen molar-refractivity contribution in [1.82, 2.24) is 0 Å². The second kappa shape index (κ2) is 44.5. The molecule has 0 radical (unpaired) electrons. The number of rotatable bonds is 46. The average molecular weight is 757 g/mol. The minimum atomic E-state index is -0.691. The van der Waals surface area contributed by atoms with Gasteiger partial charge in [0.15, 0.2) is 5.78 Å². The van der Waals surface area contributed by atoms with Gasteiger partial charge >= 0.3 is 0 Å². The lowest BCUT2D eigenvalue weighted by Gasteiger charge is -2.14. The Morgan fingerprint density at radius 1 is 0.333 bits per heavy atom. The average Bonchev–Trinajstić information content (AvgIpc) is 3.17. The largest absolute Gasteiger partial charge is 0.299 e. The van der Waals surface area contributed by atoms with E-state index in [0.29, 0.717) is 19.3 Å². The molecule has 318 valence electrons. The van der Waals surface area contributed by atoms with E-state index in [1.807, 2.05) is 0 Å². The molecule has 0 aromatic heterocycles. The molecule has 0 spiro atoms. The zero-order valence-corrected chi connectivity index (χ0v) is 37.2. The molecule has 0 saturated heterocycles. The molecule has 0 rings (SSSR count). The number of unbranched alkanes of at least 4 members (excludes halogenated alkanes) is 35. The van der Waals surface area contributed by atoms with Crippen LogP contribution in [0.15, 0.2) is 12.2 Å². The van der Waals surface area contributed by atoms with Gasteiger partial charge in [-0.1, -0.05) is 245 Å². The first kappa shape index (κ1) is 52.8. The third-order valence-electron chi connectivity index (χ3n) is 11.8. The zero-order chi connectivity index (χ0) is 39.4. The normalized spacial score (nSPS) is 12.2. The second-order valence-corrected chi connectivity index (χ2v) is 17.2. The lowest BCUT2D eigenvalue weighted by molar-refractivity contribution is -0.143. The Morgan fingerprint density at radius 2 is 0.611 bits per heavy atom.